The number of hydrogen-bond acceptors (Lipinski definition) is 3. The number of piperidine rings is 1. The number of hydrogen-bond donors (Lipinski definition) is 2. The van der Waals surface area contributed by atoms with Crippen LogP contribution in [0.1, 0.15) is 41.6 Å². The normalized spacial score (nSPS) is 16.1. The molecule has 33 heavy (non-hydrogen) atoms. The molecule has 6 nitrogen and oxygen atoms in total. The fourth-order valence-corrected chi connectivity index (χ4v) is 4.91. The van der Waals surface area contributed by atoms with Crippen LogP contribution in [0.2, 0.25) is 0 Å². The first kappa shape index (κ1) is 21.2. The Balaban J connectivity index is 1.11. The van der Waals surface area contributed by atoms with E-state index in [1.54, 1.807) is 12.5 Å². The number of amides is 2. The summed E-state index contributed by atoms with van der Waals surface area (Å²) in [5, 5.41) is 2.91. The Morgan fingerprint density at radius 1 is 1.06 bits per heavy atom. The first-order chi connectivity index (χ1) is 16.1. The molecule has 0 atom stereocenters. The van der Waals surface area contributed by atoms with E-state index >= 15 is 0 Å². The zero-order valence-electron chi connectivity index (χ0n) is 18.6. The van der Waals surface area contributed by atoms with E-state index in [0.717, 1.165) is 42.9 Å². The van der Waals surface area contributed by atoms with Crippen LogP contribution in [0.25, 0.3) is 6.08 Å². The van der Waals surface area contributed by atoms with Crippen molar-refractivity contribution in [2.75, 3.05) is 18.4 Å². The van der Waals surface area contributed by atoms with E-state index in [4.69, 9.17) is 0 Å². The standard InChI is InChI=1S/C27H28N4O2/c32-25(10-9-23-18-28-19-29-23)30-22-7-5-20(6-8-22)17-26(33)31-15-13-27(14-16-31)12-11-21-3-1-2-4-24(21)27/h1-8,11-12,18-19H,9-10,13-17H2,(H,28,29)(H,30,32). The molecule has 168 valence electrons. The van der Waals surface area contributed by atoms with E-state index in [1.165, 1.54) is 11.1 Å². The number of aromatic nitrogens is 2. The molecular formula is C27H28N4O2. The number of fused-ring (bicyclic) bond motifs is 2. The lowest BCUT2D eigenvalue weighted by Crippen LogP contribution is -2.44. The van der Waals surface area contributed by atoms with Gasteiger partial charge in [0.25, 0.3) is 0 Å². The second-order valence-electron chi connectivity index (χ2n) is 8.96. The van der Waals surface area contributed by atoms with Gasteiger partial charge in [-0.2, -0.15) is 0 Å². The van der Waals surface area contributed by atoms with Gasteiger partial charge in [-0.25, -0.2) is 4.98 Å². The minimum absolute atomic E-state index is 0.0433. The Morgan fingerprint density at radius 2 is 1.85 bits per heavy atom. The van der Waals surface area contributed by atoms with Crippen LogP contribution in [0, 0.1) is 0 Å². The smallest absolute Gasteiger partial charge is 0.226 e. The molecular weight excluding hydrogens is 412 g/mol. The summed E-state index contributed by atoms with van der Waals surface area (Å²) in [5.74, 6) is 0.120. The minimum atomic E-state index is -0.0433. The molecule has 1 saturated heterocycles. The summed E-state index contributed by atoms with van der Waals surface area (Å²) < 4.78 is 0. The lowest BCUT2D eigenvalue weighted by Gasteiger charge is -2.39. The van der Waals surface area contributed by atoms with Gasteiger partial charge >= 0.3 is 0 Å². The molecule has 2 aliphatic rings. The van der Waals surface area contributed by atoms with Gasteiger partial charge < -0.3 is 15.2 Å². The van der Waals surface area contributed by atoms with Crippen LogP contribution in [-0.2, 0) is 27.8 Å². The Kier molecular flexibility index (Phi) is 5.82. The van der Waals surface area contributed by atoms with E-state index in [0.29, 0.717) is 19.3 Å². The van der Waals surface area contributed by atoms with Gasteiger partial charge in [-0.15, -0.1) is 0 Å². The number of rotatable bonds is 6. The average molecular weight is 441 g/mol. The summed E-state index contributed by atoms with van der Waals surface area (Å²) in [4.78, 5) is 34.0. The minimum Gasteiger partial charge on any atom is -0.348 e. The van der Waals surface area contributed by atoms with Crippen LogP contribution in [0.3, 0.4) is 0 Å². The second kappa shape index (κ2) is 9.06. The highest BCUT2D eigenvalue weighted by Crippen LogP contribution is 2.43. The maximum atomic E-state index is 12.9. The molecule has 2 amide bonds. The molecule has 1 aliphatic carbocycles. The number of nitrogens with one attached hydrogen (secondary N) is 2. The summed E-state index contributed by atoms with van der Waals surface area (Å²) in [5.41, 5.74) is 5.44. The predicted molar refractivity (Wildman–Crippen MR) is 129 cm³/mol. The van der Waals surface area contributed by atoms with Crippen molar-refractivity contribution in [2.24, 2.45) is 0 Å². The predicted octanol–water partition coefficient (Wildman–Crippen LogP) is 4.11. The topological polar surface area (TPSA) is 78.1 Å². The number of aromatic amines is 1. The van der Waals surface area contributed by atoms with E-state index in [2.05, 4.69) is 51.7 Å². The Bertz CT molecular complexity index is 1160. The maximum absolute atomic E-state index is 12.9. The van der Waals surface area contributed by atoms with Crippen LogP contribution in [0.15, 0.2) is 67.1 Å². The molecule has 0 unspecified atom stereocenters. The number of H-pyrrole nitrogens is 1. The van der Waals surface area contributed by atoms with Crippen molar-refractivity contribution in [3.05, 3.63) is 89.5 Å². The highest BCUT2D eigenvalue weighted by atomic mass is 16.2. The van der Waals surface area contributed by atoms with Crippen molar-refractivity contribution in [3.8, 4) is 0 Å². The lowest BCUT2D eigenvalue weighted by atomic mass is 9.74. The molecule has 2 aromatic carbocycles. The van der Waals surface area contributed by atoms with Crippen molar-refractivity contribution in [2.45, 2.75) is 37.5 Å². The van der Waals surface area contributed by atoms with Gasteiger partial charge in [-0.1, -0.05) is 48.6 Å². The van der Waals surface area contributed by atoms with Gasteiger partial charge in [-0.3, -0.25) is 9.59 Å². The number of allylic oxidation sites excluding steroid dienone is 1. The summed E-state index contributed by atoms with van der Waals surface area (Å²) in [6, 6.07) is 16.2. The number of carbonyl (C=O) groups excluding carboxylic acids is 2. The third kappa shape index (κ3) is 4.60. The van der Waals surface area contributed by atoms with E-state index < -0.39 is 0 Å². The second-order valence-corrected chi connectivity index (χ2v) is 8.96. The summed E-state index contributed by atoms with van der Waals surface area (Å²) in [6.45, 7) is 1.56. The van der Waals surface area contributed by atoms with Crippen LogP contribution in [-0.4, -0.2) is 39.8 Å². The molecule has 6 heteroatoms. The summed E-state index contributed by atoms with van der Waals surface area (Å²) in [7, 11) is 0. The fourth-order valence-electron chi connectivity index (χ4n) is 4.91. The number of benzene rings is 2. The molecule has 0 saturated carbocycles. The van der Waals surface area contributed by atoms with Crippen LogP contribution in [0.4, 0.5) is 5.69 Å². The Hall–Kier alpha value is -3.67. The number of anilines is 1. The van der Waals surface area contributed by atoms with Crippen molar-refractivity contribution >= 4 is 23.6 Å². The number of likely N-dealkylation sites (tertiary alicyclic amines) is 1. The van der Waals surface area contributed by atoms with Gasteiger partial charge in [0, 0.05) is 42.5 Å². The van der Waals surface area contributed by atoms with Crippen molar-refractivity contribution in [1.82, 2.24) is 14.9 Å². The monoisotopic (exact) mass is 440 g/mol. The zero-order valence-corrected chi connectivity index (χ0v) is 18.6. The highest BCUT2D eigenvalue weighted by Gasteiger charge is 2.38. The molecule has 2 N–H and O–H groups in total. The third-order valence-corrected chi connectivity index (χ3v) is 6.86. The molecule has 0 bridgehead atoms. The van der Waals surface area contributed by atoms with Gasteiger partial charge in [-0.05, 0) is 48.1 Å². The first-order valence-electron chi connectivity index (χ1n) is 11.5. The van der Waals surface area contributed by atoms with Gasteiger partial charge in [0.15, 0.2) is 0 Å². The molecule has 1 spiro atoms. The Morgan fingerprint density at radius 3 is 2.61 bits per heavy atom. The van der Waals surface area contributed by atoms with E-state index in [1.807, 2.05) is 29.2 Å². The Labute approximate surface area is 193 Å². The first-order valence-corrected chi connectivity index (χ1v) is 11.5. The number of aryl methyl sites for hydroxylation is 1. The number of nitrogens with zero attached hydrogens (tertiary/aromatic N) is 2. The van der Waals surface area contributed by atoms with Gasteiger partial charge in [0.2, 0.25) is 11.8 Å². The molecule has 1 fully saturated rings. The SMILES string of the molecule is O=C(CCc1cnc[nH]1)Nc1ccc(CC(=O)N2CCC3(C=Cc4ccccc43)CC2)cc1. The number of imidazole rings is 1. The van der Waals surface area contributed by atoms with Crippen LogP contribution in [0.5, 0.6) is 0 Å². The molecule has 1 aromatic heterocycles. The van der Waals surface area contributed by atoms with Crippen LogP contribution >= 0.6 is 0 Å². The zero-order chi connectivity index (χ0) is 22.7. The van der Waals surface area contributed by atoms with Crippen molar-refractivity contribution in [1.29, 1.82) is 0 Å². The van der Waals surface area contributed by atoms with Crippen molar-refractivity contribution in [3.63, 3.8) is 0 Å². The quantitative estimate of drug-likeness (QED) is 0.606. The molecule has 3 aromatic rings. The summed E-state index contributed by atoms with van der Waals surface area (Å²) >= 11 is 0. The largest absolute Gasteiger partial charge is 0.348 e. The lowest BCUT2D eigenvalue weighted by molar-refractivity contribution is -0.131. The molecule has 1 aliphatic heterocycles. The molecule has 2 heterocycles. The fraction of sp³-hybridized carbons (Fsp3) is 0.296. The maximum Gasteiger partial charge on any atom is 0.226 e. The number of carbonyl (C=O) groups is 2. The van der Waals surface area contributed by atoms with Gasteiger partial charge in [0.1, 0.15) is 0 Å². The van der Waals surface area contributed by atoms with E-state index in [-0.39, 0.29) is 17.2 Å². The summed E-state index contributed by atoms with van der Waals surface area (Å²) in [6.07, 6.45) is 11.2. The van der Waals surface area contributed by atoms with E-state index in [9.17, 15) is 9.59 Å². The third-order valence-electron chi connectivity index (χ3n) is 6.86. The average Bonchev–Trinajstić information content (AvgIpc) is 3.49. The van der Waals surface area contributed by atoms with Crippen LogP contribution < -0.4 is 5.32 Å². The van der Waals surface area contributed by atoms with Gasteiger partial charge in [0.05, 0.1) is 12.7 Å². The molecule has 0 radical (unpaired) electrons. The van der Waals surface area contributed by atoms with Crippen molar-refractivity contribution < 1.29 is 9.59 Å². The molecule has 5 rings (SSSR count). The highest BCUT2D eigenvalue weighted by molar-refractivity contribution is 5.90.